The van der Waals surface area contributed by atoms with Crippen LogP contribution < -0.4 is 17.2 Å². The predicted octanol–water partition coefficient (Wildman–Crippen LogP) is 1.83. The van der Waals surface area contributed by atoms with Gasteiger partial charge in [-0.1, -0.05) is 18.2 Å². The Balaban J connectivity index is 0.000000217. The molecular formula is C15H19N3O2. The molecule has 7 N–H and O–H groups in total. The van der Waals surface area contributed by atoms with Crippen LogP contribution in [0.5, 0.6) is 5.75 Å². The van der Waals surface area contributed by atoms with E-state index >= 15 is 0 Å². The molecule has 2 aromatic carbocycles. The lowest BCUT2D eigenvalue weighted by Gasteiger charge is -2.09. The smallest absolute Gasteiger partial charge is 0.121 e. The minimum Gasteiger partial charge on any atom is -0.508 e. The first-order valence-corrected chi connectivity index (χ1v) is 6.12. The molecule has 5 nitrogen and oxygen atoms in total. The molecule has 1 atom stereocenters. The third kappa shape index (κ3) is 4.99. The van der Waals surface area contributed by atoms with E-state index in [2.05, 4.69) is 0 Å². The summed E-state index contributed by atoms with van der Waals surface area (Å²) < 4.78 is 0. The zero-order chi connectivity index (χ0) is 15.0. The summed E-state index contributed by atoms with van der Waals surface area (Å²) in [6.07, 6.45) is 0.981. The Morgan fingerprint density at radius 1 is 1.00 bits per heavy atom. The maximum atomic E-state index is 10.1. The van der Waals surface area contributed by atoms with Crippen LogP contribution in [-0.2, 0) is 4.79 Å². The van der Waals surface area contributed by atoms with Crippen molar-refractivity contribution in [1.82, 2.24) is 0 Å². The summed E-state index contributed by atoms with van der Waals surface area (Å²) in [4.78, 5) is 10.1. The van der Waals surface area contributed by atoms with E-state index in [9.17, 15) is 9.90 Å². The topological polar surface area (TPSA) is 115 Å². The van der Waals surface area contributed by atoms with Gasteiger partial charge in [0.05, 0.1) is 0 Å². The highest BCUT2D eigenvalue weighted by molar-refractivity contribution is 5.52. The van der Waals surface area contributed by atoms with E-state index in [1.54, 1.807) is 48.5 Å². The standard InChI is InChI=1S/C9H11NO2.C6H8N2/c10-8(5-6-11)7-3-1-2-4-9(7)12;7-5-1-2-6(8)4-3-5/h1-4,6,8,12H,5,10H2;1-4H,7-8H2. The van der Waals surface area contributed by atoms with Crippen molar-refractivity contribution in [2.24, 2.45) is 5.73 Å². The summed E-state index contributed by atoms with van der Waals surface area (Å²) >= 11 is 0. The van der Waals surface area contributed by atoms with Gasteiger partial charge < -0.3 is 27.1 Å². The number of phenolic OH excluding ortho intramolecular Hbond substituents is 1. The molecule has 106 valence electrons. The third-order valence-corrected chi connectivity index (χ3v) is 2.62. The van der Waals surface area contributed by atoms with Gasteiger partial charge in [0.15, 0.2) is 0 Å². The van der Waals surface area contributed by atoms with Crippen molar-refractivity contribution >= 4 is 17.7 Å². The van der Waals surface area contributed by atoms with E-state index in [1.807, 2.05) is 0 Å². The van der Waals surface area contributed by atoms with E-state index in [0.29, 0.717) is 5.56 Å². The molecule has 1 unspecified atom stereocenters. The second-order valence-corrected chi connectivity index (χ2v) is 4.23. The number of carbonyl (C=O) groups is 1. The van der Waals surface area contributed by atoms with Crippen LogP contribution in [0.1, 0.15) is 18.0 Å². The first-order valence-electron chi connectivity index (χ1n) is 6.12. The number of aldehydes is 1. The van der Waals surface area contributed by atoms with E-state index in [0.717, 1.165) is 17.7 Å². The zero-order valence-corrected chi connectivity index (χ0v) is 11.1. The van der Waals surface area contributed by atoms with E-state index < -0.39 is 6.04 Å². The molecule has 0 heterocycles. The van der Waals surface area contributed by atoms with Gasteiger partial charge >= 0.3 is 0 Å². The van der Waals surface area contributed by atoms with Gasteiger partial charge in [0.2, 0.25) is 0 Å². The van der Waals surface area contributed by atoms with Crippen LogP contribution in [0.15, 0.2) is 48.5 Å². The van der Waals surface area contributed by atoms with Gasteiger partial charge in [-0.15, -0.1) is 0 Å². The summed E-state index contributed by atoms with van der Waals surface area (Å²) in [5.74, 6) is 0.145. The number of aromatic hydroxyl groups is 1. The lowest BCUT2D eigenvalue weighted by atomic mass is 10.0. The van der Waals surface area contributed by atoms with Crippen molar-refractivity contribution in [3.05, 3.63) is 54.1 Å². The van der Waals surface area contributed by atoms with Crippen LogP contribution in [0, 0.1) is 0 Å². The van der Waals surface area contributed by atoms with Gasteiger partial charge in [-0.3, -0.25) is 0 Å². The van der Waals surface area contributed by atoms with Crippen LogP contribution in [0.2, 0.25) is 0 Å². The molecular weight excluding hydrogens is 254 g/mol. The molecule has 0 fully saturated rings. The SMILES string of the molecule is NC(CC=O)c1ccccc1O.Nc1ccc(N)cc1. The normalized spacial score (nSPS) is 11.1. The third-order valence-electron chi connectivity index (χ3n) is 2.62. The number of hydrogen-bond donors (Lipinski definition) is 4. The monoisotopic (exact) mass is 273 g/mol. The van der Waals surface area contributed by atoms with Gasteiger partial charge in [-0.25, -0.2) is 0 Å². The Labute approximate surface area is 118 Å². The molecule has 0 radical (unpaired) electrons. The van der Waals surface area contributed by atoms with Gasteiger partial charge in [-0.2, -0.15) is 0 Å². The van der Waals surface area contributed by atoms with Crippen molar-refractivity contribution in [3.8, 4) is 5.75 Å². The molecule has 0 saturated heterocycles. The maximum absolute atomic E-state index is 10.1. The Bertz CT molecular complexity index is 520. The molecule has 0 aliphatic rings. The Morgan fingerprint density at radius 2 is 1.50 bits per heavy atom. The Morgan fingerprint density at radius 3 is 1.95 bits per heavy atom. The number of nitrogen functional groups attached to an aromatic ring is 2. The summed E-state index contributed by atoms with van der Waals surface area (Å²) in [7, 11) is 0. The number of rotatable bonds is 3. The Kier molecular flexibility index (Phi) is 6.06. The first kappa shape index (κ1) is 15.5. The molecule has 2 rings (SSSR count). The molecule has 0 spiro atoms. The summed E-state index contributed by atoms with van der Waals surface area (Å²) in [5.41, 5.74) is 18.5. The number of benzene rings is 2. The number of anilines is 2. The first-order chi connectivity index (χ1) is 9.54. The lowest BCUT2D eigenvalue weighted by Crippen LogP contribution is -2.10. The number of para-hydroxylation sites is 1. The van der Waals surface area contributed by atoms with E-state index in [4.69, 9.17) is 17.2 Å². The maximum Gasteiger partial charge on any atom is 0.121 e. The summed E-state index contributed by atoms with van der Waals surface area (Å²) in [5, 5.41) is 9.31. The predicted molar refractivity (Wildman–Crippen MR) is 81.0 cm³/mol. The largest absolute Gasteiger partial charge is 0.508 e. The van der Waals surface area contributed by atoms with Crippen LogP contribution >= 0.6 is 0 Å². The molecule has 0 aliphatic carbocycles. The molecule has 0 aromatic heterocycles. The summed E-state index contributed by atoms with van der Waals surface area (Å²) in [6, 6.07) is 13.5. The van der Waals surface area contributed by atoms with Gasteiger partial charge in [-0.05, 0) is 30.3 Å². The van der Waals surface area contributed by atoms with Crippen molar-refractivity contribution in [2.75, 3.05) is 11.5 Å². The Hall–Kier alpha value is -2.53. The average Bonchev–Trinajstić information content (AvgIpc) is 2.43. The van der Waals surface area contributed by atoms with Gasteiger partial charge in [0.25, 0.3) is 0 Å². The van der Waals surface area contributed by atoms with Crippen molar-refractivity contribution in [3.63, 3.8) is 0 Å². The highest BCUT2D eigenvalue weighted by Crippen LogP contribution is 2.22. The molecule has 20 heavy (non-hydrogen) atoms. The molecule has 5 heteroatoms. The molecule has 0 bridgehead atoms. The van der Waals surface area contributed by atoms with Gasteiger partial charge in [0, 0.05) is 29.4 Å². The van der Waals surface area contributed by atoms with Crippen LogP contribution in [0.4, 0.5) is 11.4 Å². The highest BCUT2D eigenvalue weighted by atomic mass is 16.3. The number of nitrogens with two attached hydrogens (primary N) is 3. The quantitative estimate of drug-likeness (QED) is 0.503. The molecule has 0 amide bonds. The zero-order valence-electron chi connectivity index (χ0n) is 11.1. The number of carbonyl (C=O) groups excluding carboxylic acids is 1. The number of phenols is 1. The minimum absolute atomic E-state index is 0.145. The van der Waals surface area contributed by atoms with Gasteiger partial charge in [0.1, 0.15) is 12.0 Å². The lowest BCUT2D eigenvalue weighted by molar-refractivity contribution is -0.108. The second kappa shape index (κ2) is 7.81. The molecule has 0 saturated carbocycles. The highest BCUT2D eigenvalue weighted by Gasteiger charge is 2.08. The fraction of sp³-hybridized carbons (Fsp3) is 0.133. The second-order valence-electron chi connectivity index (χ2n) is 4.23. The fourth-order valence-electron chi connectivity index (χ4n) is 1.53. The van der Waals surface area contributed by atoms with Crippen molar-refractivity contribution < 1.29 is 9.90 Å². The van der Waals surface area contributed by atoms with Crippen LogP contribution in [0.25, 0.3) is 0 Å². The average molecular weight is 273 g/mol. The minimum atomic E-state index is -0.399. The number of hydrogen-bond acceptors (Lipinski definition) is 5. The molecule has 2 aromatic rings. The fourth-order valence-corrected chi connectivity index (χ4v) is 1.53. The molecule has 0 aliphatic heterocycles. The van der Waals surface area contributed by atoms with Crippen LogP contribution in [-0.4, -0.2) is 11.4 Å². The van der Waals surface area contributed by atoms with E-state index in [-0.39, 0.29) is 12.2 Å². The van der Waals surface area contributed by atoms with E-state index in [1.165, 1.54) is 0 Å². The van der Waals surface area contributed by atoms with Crippen molar-refractivity contribution in [2.45, 2.75) is 12.5 Å². The van der Waals surface area contributed by atoms with Crippen LogP contribution in [0.3, 0.4) is 0 Å². The summed E-state index contributed by atoms with van der Waals surface area (Å²) in [6.45, 7) is 0. The van der Waals surface area contributed by atoms with Crippen molar-refractivity contribution in [1.29, 1.82) is 0 Å².